The van der Waals surface area contributed by atoms with Crippen LogP contribution in [-0.2, 0) is 0 Å². The third kappa shape index (κ3) is 2.40. The van der Waals surface area contributed by atoms with Crippen LogP contribution in [0.1, 0.15) is 20.7 Å². The Morgan fingerprint density at radius 2 is 1.72 bits per heavy atom. The van der Waals surface area contributed by atoms with Crippen LogP contribution >= 0.6 is 0 Å². The smallest absolute Gasteiger partial charge is 0.211 e. The van der Waals surface area contributed by atoms with Gasteiger partial charge in [0.05, 0.1) is 22.2 Å². The third-order valence-electron chi connectivity index (χ3n) is 4.03. The zero-order valence-electron chi connectivity index (χ0n) is 12.9. The van der Waals surface area contributed by atoms with Crippen molar-refractivity contribution in [2.75, 3.05) is 5.32 Å². The Morgan fingerprint density at radius 3 is 2.48 bits per heavy atom. The van der Waals surface area contributed by atoms with Crippen molar-refractivity contribution in [1.29, 1.82) is 0 Å². The van der Waals surface area contributed by atoms with Crippen molar-refractivity contribution in [2.24, 2.45) is 0 Å². The Labute approximate surface area is 142 Å². The molecule has 0 bridgehead atoms. The van der Waals surface area contributed by atoms with Gasteiger partial charge < -0.3 is 15.5 Å². The van der Waals surface area contributed by atoms with Crippen LogP contribution in [0.4, 0.5) is 5.69 Å². The molecule has 0 fully saturated rings. The van der Waals surface area contributed by atoms with Gasteiger partial charge in [0.25, 0.3) is 0 Å². The first-order valence-corrected chi connectivity index (χ1v) is 7.52. The number of aromatic nitrogens is 1. The standard InChI is InChI=1S/C19H12N2O4/c22-11-6-4-10(5-7-11)21-14-8-16(24)17-12(19(14)25)9-20-13-2-1-3-15(23)18(13)17/h1-9,21-23H. The Kier molecular flexibility index (Phi) is 3.25. The van der Waals surface area contributed by atoms with Gasteiger partial charge in [-0.15, -0.1) is 0 Å². The van der Waals surface area contributed by atoms with Gasteiger partial charge in [0.2, 0.25) is 5.78 Å². The van der Waals surface area contributed by atoms with Gasteiger partial charge in [0.1, 0.15) is 11.5 Å². The lowest BCUT2D eigenvalue weighted by Crippen LogP contribution is -2.22. The molecule has 0 spiro atoms. The summed E-state index contributed by atoms with van der Waals surface area (Å²) >= 11 is 0. The molecule has 3 aromatic rings. The second-order valence-corrected chi connectivity index (χ2v) is 5.64. The summed E-state index contributed by atoms with van der Waals surface area (Å²) in [6.45, 7) is 0. The lowest BCUT2D eigenvalue weighted by molar-refractivity contribution is 0.0986. The number of fused-ring (bicyclic) bond motifs is 3. The number of phenolic OH excluding ortho intramolecular Hbond substituents is 2. The molecule has 0 radical (unpaired) electrons. The fourth-order valence-corrected chi connectivity index (χ4v) is 2.86. The molecular formula is C19H12N2O4. The first-order chi connectivity index (χ1) is 12.0. The topological polar surface area (TPSA) is 99.5 Å². The van der Waals surface area contributed by atoms with Crippen LogP contribution in [0.5, 0.6) is 11.5 Å². The molecule has 0 aliphatic heterocycles. The first-order valence-electron chi connectivity index (χ1n) is 7.52. The Hall–Kier alpha value is -3.67. The van der Waals surface area contributed by atoms with Crippen LogP contribution in [0.15, 0.2) is 60.4 Å². The number of benzene rings is 2. The molecule has 1 aromatic heterocycles. The summed E-state index contributed by atoms with van der Waals surface area (Å²) in [6, 6.07) is 10.9. The van der Waals surface area contributed by atoms with Crippen LogP contribution in [0.3, 0.4) is 0 Å². The summed E-state index contributed by atoms with van der Waals surface area (Å²) in [5, 5.41) is 22.6. The molecule has 0 unspecified atom stereocenters. The molecule has 2 aromatic carbocycles. The van der Waals surface area contributed by atoms with E-state index in [-0.39, 0.29) is 45.3 Å². The number of nitrogens with zero attached hydrogens (tertiary/aromatic N) is 1. The van der Waals surface area contributed by atoms with Gasteiger partial charge in [0, 0.05) is 23.5 Å². The van der Waals surface area contributed by atoms with Gasteiger partial charge in [-0.2, -0.15) is 0 Å². The minimum Gasteiger partial charge on any atom is -0.508 e. The molecular weight excluding hydrogens is 320 g/mol. The number of aromatic hydroxyl groups is 2. The lowest BCUT2D eigenvalue weighted by atomic mass is 9.90. The Bertz CT molecular complexity index is 1070. The second kappa shape index (κ2) is 5.45. The molecule has 1 aliphatic carbocycles. The molecule has 0 amide bonds. The quantitative estimate of drug-likeness (QED) is 0.624. The van der Waals surface area contributed by atoms with Gasteiger partial charge in [-0.3, -0.25) is 14.6 Å². The van der Waals surface area contributed by atoms with Gasteiger partial charge in [-0.05, 0) is 36.4 Å². The number of Topliss-reactive ketones (excluding diaryl/α,β-unsaturated/α-hetero) is 1. The summed E-state index contributed by atoms with van der Waals surface area (Å²) in [7, 11) is 0. The fourth-order valence-electron chi connectivity index (χ4n) is 2.86. The maximum atomic E-state index is 12.7. The van der Waals surface area contributed by atoms with Gasteiger partial charge in [0.15, 0.2) is 5.78 Å². The molecule has 1 aliphatic rings. The van der Waals surface area contributed by atoms with E-state index in [2.05, 4.69) is 10.3 Å². The number of pyridine rings is 1. The van der Waals surface area contributed by atoms with Crippen LogP contribution in [-0.4, -0.2) is 26.8 Å². The highest BCUT2D eigenvalue weighted by Gasteiger charge is 2.29. The van der Waals surface area contributed by atoms with Crippen LogP contribution in [0, 0.1) is 0 Å². The van der Waals surface area contributed by atoms with E-state index < -0.39 is 0 Å². The molecule has 1 heterocycles. The zero-order chi connectivity index (χ0) is 17.6. The summed E-state index contributed by atoms with van der Waals surface area (Å²) < 4.78 is 0. The molecule has 0 saturated carbocycles. The number of hydrogen-bond donors (Lipinski definition) is 3. The lowest BCUT2D eigenvalue weighted by Gasteiger charge is -2.18. The number of ketones is 2. The van der Waals surface area contributed by atoms with Crippen LogP contribution < -0.4 is 5.32 Å². The third-order valence-corrected chi connectivity index (χ3v) is 4.03. The van der Waals surface area contributed by atoms with E-state index in [9.17, 15) is 19.8 Å². The van der Waals surface area contributed by atoms with E-state index in [1.54, 1.807) is 24.3 Å². The van der Waals surface area contributed by atoms with Crippen LogP contribution in [0.2, 0.25) is 0 Å². The maximum Gasteiger partial charge on any atom is 0.211 e. The first kappa shape index (κ1) is 14.9. The summed E-state index contributed by atoms with van der Waals surface area (Å²) in [6.07, 6.45) is 2.56. The van der Waals surface area contributed by atoms with Gasteiger partial charge in [-0.25, -0.2) is 0 Å². The van der Waals surface area contributed by atoms with E-state index >= 15 is 0 Å². The Morgan fingerprint density at radius 1 is 0.960 bits per heavy atom. The molecule has 0 saturated heterocycles. The van der Waals surface area contributed by atoms with Crippen molar-refractivity contribution in [2.45, 2.75) is 0 Å². The van der Waals surface area contributed by atoms with Crippen molar-refractivity contribution in [1.82, 2.24) is 4.98 Å². The van der Waals surface area contributed by atoms with E-state index in [0.717, 1.165) is 0 Å². The van der Waals surface area contributed by atoms with Gasteiger partial charge in [-0.1, -0.05) is 6.07 Å². The van der Waals surface area contributed by atoms with Crippen molar-refractivity contribution in [3.05, 3.63) is 71.6 Å². The molecule has 0 atom stereocenters. The fraction of sp³-hybridized carbons (Fsp3) is 0. The van der Waals surface area contributed by atoms with E-state index in [1.807, 2.05) is 0 Å². The number of rotatable bonds is 2. The molecule has 6 nitrogen and oxygen atoms in total. The van der Waals surface area contributed by atoms with Crippen molar-refractivity contribution >= 4 is 28.2 Å². The highest BCUT2D eigenvalue weighted by atomic mass is 16.3. The maximum absolute atomic E-state index is 12.7. The minimum absolute atomic E-state index is 0.0913. The zero-order valence-corrected chi connectivity index (χ0v) is 12.9. The number of hydrogen-bond acceptors (Lipinski definition) is 6. The number of nitrogens with one attached hydrogen (secondary N) is 1. The molecule has 4 rings (SSSR count). The van der Waals surface area contributed by atoms with E-state index in [0.29, 0.717) is 11.2 Å². The number of anilines is 1. The summed E-state index contributed by atoms with van der Waals surface area (Å²) in [4.78, 5) is 29.5. The monoisotopic (exact) mass is 332 g/mol. The molecule has 122 valence electrons. The average Bonchev–Trinajstić information content (AvgIpc) is 2.61. The molecule has 25 heavy (non-hydrogen) atoms. The second-order valence-electron chi connectivity index (χ2n) is 5.64. The highest BCUT2D eigenvalue weighted by Crippen LogP contribution is 2.33. The minimum atomic E-state index is -0.389. The number of carbonyl (C=O) groups is 2. The summed E-state index contributed by atoms with van der Waals surface area (Å²) in [5.74, 6) is -0.765. The molecule has 6 heteroatoms. The average molecular weight is 332 g/mol. The SMILES string of the molecule is O=C1C(Nc2ccc(O)cc2)=CC(=O)c2c1cnc1cccc(O)c21. The predicted molar refractivity (Wildman–Crippen MR) is 91.9 cm³/mol. The van der Waals surface area contributed by atoms with Gasteiger partial charge >= 0.3 is 0 Å². The molecule has 3 N–H and O–H groups in total. The van der Waals surface area contributed by atoms with E-state index in [4.69, 9.17) is 0 Å². The Balaban J connectivity index is 1.81. The number of carbonyl (C=O) groups excluding carboxylic acids is 2. The van der Waals surface area contributed by atoms with Crippen molar-refractivity contribution in [3.63, 3.8) is 0 Å². The van der Waals surface area contributed by atoms with Crippen molar-refractivity contribution in [3.8, 4) is 11.5 Å². The number of phenols is 2. The predicted octanol–water partition coefficient (Wildman–Crippen LogP) is 3.02. The van der Waals surface area contributed by atoms with E-state index in [1.165, 1.54) is 30.5 Å². The van der Waals surface area contributed by atoms with Crippen molar-refractivity contribution < 1.29 is 19.8 Å². The number of allylic oxidation sites excluding steroid dienone is 2. The normalized spacial score (nSPS) is 13.5. The largest absolute Gasteiger partial charge is 0.508 e. The highest BCUT2D eigenvalue weighted by molar-refractivity contribution is 6.29. The van der Waals surface area contributed by atoms with Crippen LogP contribution in [0.25, 0.3) is 10.9 Å². The summed E-state index contributed by atoms with van der Waals surface area (Å²) in [5.41, 5.74) is 1.42.